The van der Waals surface area contributed by atoms with Gasteiger partial charge in [0.1, 0.15) is 11.6 Å². The summed E-state index contributed by atoms with van der Waals surface area (Å²) in [6, 6.07) is 16.3. The van der Waals surface area contributed by atoms with Crippen LogP contribution in [0, 0.1) is 18.3 Å². The monoisotopic (exact) mass is 311 g/mol. The molecule has 2 N–H and O–H groups in total. The van der Waals surface area contributed by atoms with E-state index in [-0.39, 0.29) is 5.57 Å². The van der Waals surface area contributed by atoms with Crippen LogP contribution in [0.1, 0.15) is 5.56 Å². The van der Waals surface area contributed by atoms with Gasteiger partial charge in [-0.15, -0.1) is 0 Å². The van der Waals surface area contributed by atoms with E-state index in [0.717, 1.165) is 5.56 Å². The number of amides is 1. The molecule has 0 aliphatic heterocycles. The first-order valence-corrected chi connectivity index (χ1v) is 6.97. The molecule has 1 amide bonds. The fourth-order valence-electron chi connectivity index (χ4n) is 1.80. The minimum Gasteiger partial charge on any atom is -0.359 e. The average Bonchev–Trinajstić information content (AvgIpc) is 2.49. The summed E-state index contributed by atoms with van der Waals surface area (Å²) in [4.78, 5) is 12.1. The molecule has 110 valence electrons. The van der Waals surface area contributed by atoms with Gasteiger partial charge in [-0.2, -0.15) is 5.26 Å². The van der Waals surface area contributed by atoms with Crippen molar-refractivity contribution in [3.05, 3.63) is 70.9 Å². The van der Waals surface area contributed by atoms with Crippen LogP contribution < -0.4 is 10.6 Å². The lowest BCUT2D eigenvalue weighted by atomic mass is 10.2. The highest BCUT2D eigenvalue weighted by Gasteiger charge is 2.09. The molecule has 0 fully saturated rings. The van der Waals surface area contributed by atoms with Gasteiger partial charge in [-0.05, 0) is 36.8 Å². The van der Waals surface area contributed by atoms with Crippen LogP contribution in [-0.4, -0.2) is 5.91 Å². The number of carbonyl (C=O) groups excluding carboxylic acids is 1. The first-order valence-electron chi connectivity index (χ1n) is 6.59. The lowest BCUT2D eigenvalue weighted by Crippen LogP contribution is -2.14. The maximum Gasteiger partial charge on any atom is 0.267 e. The second-order valence-corrected chi connectivity index (χ2v) is 5.02. The maximum absolute atomic E-state index is 12.1. The number of anilines is 2. The summed E-state index contributed by atoms with van der Waals surface area (Å²) in [6.45, 7) is 1.93. The van der Waals surface area contributed by atoms with Crippen LogP contribution in [0.3, 0.4) is 0 Å². The molecule has 5 heteroatoms. The van der Waals surface area contributed by atoms with E-state index in [0.29, 0.717) is 16.4 Å². The molecule has 0 saturated carbocycles. The van der Waals surface area contributed by atoms with Crippen LogP contribution in [0.25, 0.3) is 0 Å². The topological polar surface area (TPSA) is 64.9 Å². The summed E-state index contributed by atoms with van der Waals surface area (Å²) in [5.74, 6) is -0.479. The van der Waals surface area contributed by atoms with Crippen molar-refractivity contribution in [2.45, 2.75) is 6.92 Å². The summed E-state index contributed by atoms with van der Waals surface area (Å²) in [5, 5.41) is 15.2. The molecule has 0 aromatic heterocycles. The lowest BCUT2D eigenvalue weighted by molar-refractivity contribution is -0.112. The minimum absolute atomic E-state index is 0.0403. The Kier molecular flexibility index (Phi) is 5.18. The highest BCUT2D eigenvalue weighted by Crippen LogP contribution is 2.20. The van der Waals surface area contributed by atoms with Gasteiger partial charge in [0, 0.05) is 11.9 Å². The van der Waals surface area contributed by atoms with Gasteiger partial charge in [-0.3, -0.25) is 4.79 Å². The summed E-state index contributed by atoms with van der Waals surface area (Å²) >= 11 is 6.00. The Morgan fingerprint density at radius 1 is 1.23 bits per heavy atom. The zero-order chi connectivity index (χ0) is 15.9. The second-order valence-electron chi connectivity index (χ2n) is 4.62. The predicted molar refractivity (Wildman–Crippen MR) is 88.6 cm³/mol. The molecular weight excluding hydrogens is 298 g/mol. The van der Waals surface area contributed by atoms with Gasteiger partial charge in [0.2, 0.25) is 0 Å². The fraction of sp³-hybridized carbons (Fsp3) is 0.0588. The lowest BCUT2D eigenvalue weighted by Gasteiger charge is -2.06. The van der Waals surface area contributed by atoms with Crippen LogP contribution in [0.15, 0.2) is 60.3 Å². The van der Waals surface area contributed by atoms with Crippen LogP contribution in [0.4, 0.5) is 11.4 Å². The Bertz CT molecular complexity index is 762. The molecule has 2 rings (SSSR count). The summed E-state index contributed by atoms with van der Waals surface area (Å²) < 4.78 is 0. The Morgan fingerprint density at radius 3 is 2.68 bits per heavy atom. The van der Waals surface area contributed by atoms with Gasteiger partial charge in [0.05, 0.1) is 10.7 Å². The van der Waals surface area contributed by atoms with Gasteiger partial charge in [-0.25, -0.2) is 0 Å². The summed E-state index contributed by atoms with van der Waals surface area (Å²) in [6.07, 6.45) is 1.34. The van der Waals surface area contributed by atoms with E-state index >= 15 is 0 Å². The van der Waals surface area contributed by atoms with Crippen molar-refractivity contribution < 1.29 is 4.79 Å². The maximum atomic E-state index is 12.1. The van der Waals surface area contributed by atoms with Crippen LogP contribution >= 0.6 is 11.6 Å². The largest absolute Gasteiger partial charge is 0.359 e. The molecule has 0 unspecified atom stereocenters. The van der Waals surface area contributed by atoms with Gasteiger partial charge in [-0.1, -0.05) is 35.9 Å². The molecule has 0 aliphatic carbocycles. The number of para-hydroxylation sites is 1. The Labute approximate surface area is 134 Å². The fourth-order valence-corrected chi connectivity index (χ4v) is 1.99. The number of carbonyl (C=O) groups is 1. The molecule has 0 aliphatic rings. The molecule has 0 atom stereocenters. The first-order chi connectivity index (χ1) is 10.6. The number of nitrogens with zero attached hydrogens (tertiary/aromatic N) is 1. The number of hydrogen-bond donors (Lipinski definition) is 2. The van der Waals surface area contributed by atoms with Crippen LogP contribution in [0.2, 0.25) is 5.02 Å². The number of aryl methyl sites for hydroxylation is 1. The Hall–Kier alpha value is -2.77. The van der Waals surface area contributed by atoms with E-state index in [1.807, 2.05) is 31.2 Å². The van der Waals surface area contributed by atoms with Crippen molar-refractivity contribution in [2.24, 2.45) is 0 Å². The third kappa shape index (κ3) is 4.11. The molecule has 0 spiro atoms. The van der Waals surface area contributed by atoms with Crippen molar-refractivity contribution in [3.8, 4) is 6.07 Å². The molecule has 0 radical (unpaired) electrons. The molecule has 2 aromatic rings. The second kappa shape index (κ2) is 7.30. The number of rotatable bonds is 4. The van der Waals surface area contributed by atoms with Crippen LogP contribution in [0.5, 0.6) is 0 Å². The number of nitrogens with one attached hydrogen (secondary N) is 2. The van der Waals surface area contributed by atoms with Crippen molar-refractivity contribution >= 4 is 28.9 Å². The third-order valence-electron chi connectivity index (χ3n) is 2.89. The number of halogens is 1. The van der Waals surface area contributed by atoms with E-state index in [1.165, 1.54) is 6.20 Å². The third-order valence-corrected chi connectivity index (χ3v) is 3.22. The Morgan fingerprint density at radius 2 is 2.00 bits per heavy atom. The molecular formula is C17H14ClN3O. The molecule has 0 heterocycles. The van der Waals surface area contributed by atoms with Crippen LogP contribution in [-0.2, 0) is 4.79 Å². The number of hydrogen-bond acceptors (Lipinski definition) is 3. The van der Waals surface area contributed by atoms with E-state index in [4.69, 9.17) is 16.9 Å². The Balaban J connectivity index is 2.11. The molecule has 22 heavy (non-hydrogen) atoms. The van der Waals surface area contributed by atoms with E-state index < -0.39 is 5.91 Å². The molecule has 2 aromatic carbocycles. The molecule has 4 nitrogen and oxygen atoms in total. The molecule has 0 saturated heterocycles. The van der Waals surface area contributed by atoms with E-state index in [1.54, 1.807) is 30.3 Å². The van der Waals surface area contributed by atoms with Gasteiger partial charge >= 0.3 is 0 Å². The zero-order valence-corrected chi connectivity index (χ0v) is 12.7. The van der Waals surface area contributed by atoms with Crippen molar-refractivity contribution in [1.82, 2.24) is 0 Å². The highest BCUT2D eigenvalue weighted by atomic mass is 35.5. The number of benzene rings is 2. The summed E-state index contributed by atoms with van der Waals surface area (Å²) in [5.41, 5.74) is 2.25. The van der Waals surface area contributed by atoms with Crippen molar-refractivity contribution in [1.29, 1.82) is 5.26 Å². The smallest absolute Gasteiger partial charge is 0.267 e. The normalized spacial score (nSPS) is 10.7. The highest BCUT2D eigenvalue weighted by molar-refractivity contribution is 6.33. The zero-order valence-electron chi connectivity index (χ0n) is 11.9. The van der Waals surface area contributed by atoms with Gasteiger partial charge < -0.3 is 10.6 Å². The van der Waals surface area contributed by atoms with Crippen molar-refractivity contribution in [3.63, 3.8) is 0 Å². The predicted octanol–water partition coefficient (Wildman–Crippen LogP) is 4.11. The average molecular weight is 312 g/mol. The quantitative estimate of drug-likeness (QED) is 0.660. The van der Waals surface area contributed by atoms with E-state index in [2.05, 4.69) is 10.6 Å². The molecule has 0 bridgehead atoms. The number of nitriles is 1. The standard InChI is InChI=1S/C17H14ClN3O/c1-12-5-4-6-14(9-12)21-17(22)13(10-19)11-20-16-8-3-2-7-15(16)18/h2-9,11,20H,1H3,(H,21,22)/b13-11-. The van der Waals surface area contributed by atoms with Gasteiger partial charge in [0.25, 0.3) is 5.91 Å². The SMILES string of the molecule is Cc1cccc(NC(=O)/C(C#N)=C\Nc2ccccc2Cl)c1. The minimum atomic E-state index is -0.479. The van der Waals surface area contributed by atoms with Gasteiger partial charge in [0.15, 0.2) is 0 Å². The van der Waals surface area contributed by atoms with Crippen molar-refractivity contribution in [2.75, 3.05) is 10.6 Å². The van der Waals surface area contributed by atoms with E-state index in [9.17, 15) is 4.79 Å². The summed E-state index contributed by atoms with van der Waals surface area (Å²) in [7, 11) is 0. The first kappa shape index (κ1) is 15.6.